The van der Waals surface area contributed by atoms with E-state index in [1.165, 1.54) is 17.8 Å². The molecule has 0 fully saturated rings. The number of hydrogen-bond donors (Lipinski definition) is 1. The lowest BCUT2D eigenvalue weighted by Gasteiger charge is -2.27. The van der Waals surface area contributed by atoms with Gasteiger partial charge < -0.3 is 14.7 Å². The quantitative estimate of drug-likeness (QED) is 0.286. The van der Waals surface area contributed by atoms with E-state index in [0.717, 1.165) is 45.9 Å². The lowest BCUT2D eigenvalue weighted by Crippen LogP contribution is -2.26. The van der Waals surface area contributed by atoms with E-state index in [4.69, 9.17) is 9.72 Å². The van der Waals surface area contributed by atoms with Crippen LogP contribution in [0.3, 0.4) is 0 Å². The van der Waals surface area contributed by atoms with E-state index in [9.17, 15) is 18.3 Å². The van der Waals surface area contributed by atoms with Crippen molar-refractivity contribution >= 4 is 27.2 Å². The van der Waals surface area contributed by atoms with Gasteiger partial charge in [0, 0.05) is 30.4 Å². The number of carboxylic acid groups (broad SMARTS) is 1. The number of nitrogens with zero attached hydrogens (tertiary/aromatic N) is 4. The summed E-state index contributed by atoms with van der Waals surface area (Å²) < 4.78 is 34.6. The van der Waals surface area contributed by atoms with Crippen LogP contribution in [-0.4, -0.2) is 59.0 Å². The van der Waals surface area contributed by atoms with Gasteiger partial charge in [-0.25, -0.2) is 27.2 Å². The first-order chi connectivity index (χ1) is 20.1. The van der Waals surface area contributed by atoms with Crippen LogP contribution in [0.15, 0.2) is 71.9 Å². The van der Waals surface area contributed by atoms with E-state index in [-0.39, 0.29) is 16.1 Å². The molecular weight excluding hydrogens is 552 g/mol. The largest absolute Gasteiger partial charge is 0.496 e. The van der Waals surface area contributed by atoms with E-state index in [2.05, 4.69) is 23.0 Å². The number of aryl methyl sites for hydroxylation is 2. The molecule has 5 aromatic rings. The minimum absolute atomic E-state index is 0.128. The van der Waals surface area contributed by atoms with Crippen LogP contribution in [0, 0.1) is 13.8 Å². The molecule has 0 spiro atoms. The maximum absolute atomic E-state index is 13.8. The van der Waals surface area contributed by atoms with E-state index >= 15 is 0 Å². The van der Waals surface area contributed by atoms with E-state index in [0.29, 0.717) is 27.9 Å². The lowest BCUT2D eigenvalue weighted by molar-refractivity contribution is 0.0696. The number of rotatable bonds is 6. The summed E-state index contributed by atoms with van der Waals surface area (Å²) in [6.07, 6.45) is 3.98. The maximum atomic E-state index is 13.8. The van der Waals surface area contributed by atoms with Gasteiger partial charge in [0.1, 0.15) is 11.3 Å². The Morgan fingerprint density at radius 1 is 1.02 bits per heavy atom. The SMILES string of the molecule is COc1cc(-c2cnc3c(n2)c(-c2ccc(C(=O)O)c(C)c2)cn3S(=O)(=O)c2ccc(C)cc2)cc2c1CCN(C)C2. The molecule has 1 aliphatic heterocycles. The van der Waals surface area contributed by atoms with Gasteiger partial charge in [-0.15, -0.1) is 0 Å². The van der Waals surface area contributed by atoms with Gasteiger partial charge in [-0.05, 0) is 79.9 Å². The molecule has 6 rings (SSSR count). The number of likely N-dealkylation sites (N-methyl/N-ethyl adjacent to an activating group) is 1. The zero-order valence-corrected chi connectivity index (χ0v) is 24.6. The van der Waals surface area contributed by atoms with Crippen LogP contribution >= 0.6 is 0 Å². The molecule has 2 aromatic heterocycles. The van der Waals surface area contributed by atoms with Gasteiger partial charge >= 0.3 is 5.97 Å². The van der Waals surface area contributed by atoms with Crippen molar-refractivity contribution < 1.29 is 23.1 Å². The summed E-state index contributed by atoms with van der Waals surface area (Å²) in [6, 6.07) is 15.6. The molecule has 0 atom stereocenters. The molecule has 0 saturated carbocycles. The number of aromatic carboxylic acids is 1. The summed E-state index contributed by atoms with van der Waals surface area (Å²) >= 11 is 0. The fraction of sp³-hybridized carbons (Fsp3) is 0.219. The summed E-state index contributed by atoms with van der Waals surface area (Å²) in [5, 5.41) is 9.54. The predicted molar refractivity (Wildman–Crippen MR) is 160 cm³/mol. The van der Waals surface area contributed by atoms with Crippen molar-refractivity contribution in [1.82, 2.24) is 18.8 Å². The summed E-state index contributed by atoms with van der Waals surface area (Å²) in [4.78, 5) is 23.6. The number of aromatic nitrogens is 3. The third-order valence-electron chi connectivity index (χ3n) is 7.81. The molecule has 1 N–H and O–H groups in total. The van der Waals surface area contributed by atoms with Crippen molar-refractivity contribution in [2.75, 3.05) is 20.7 Å². The number of carbonyl (C=O) groups is 1. The van der Waals surface area contributed by atoms with Crippen LogP contribution in [0.25, 0.3) is 33.5 Å². The first-order valence-electron chi connectivity index (χ1n) is 13.5. The normalized spacial score (nSPS) is 13.7. The maximum Gasteiger partial charge on any atom is 0.335 e. The van der Waals surface area contributed by atoms with Gasteiger partial charge in [0.05, 0.1) is 29.5 Å². The zero-order chi connectivity index (χ0) is 29.8. The summed E-state index contributed by atoms with van der Waals surface area (Å²) in [5.74, 6) is -0.241. The molecule has 0 saturated heterocycles. The smallest absolute Gasteiger partial charge is 0.335 e. The second kappa shape index (κ2) is 10.4. The molecule has 3 heterocycles. The Bertz CT molecular complexity index is 1980. The van der Waals surface area contributed by atoms with Crippen molar-refractivity contribution in [3.05, 3.63) is 94.8 Å². The van der Waals surface area contributed by atoms with Crippen molar-refractivity contribution in [3.8, 4) is 28.1 Å². The Morgan fingerprint density at radius 3 is 2.48 bits per heavy atom. The van der Waals surface area contributed by atoms with Crippen LogP contribution in [0.2, 0.25) is 0 Å². The summed E-state index contributed by atoms with van der Waals surface area (Å²) in [5.41, 5.74) is 7.11. The number of fused-ring (bicyclic) bond motifs is 2. The molecule has 9 nitrogen and oxygen atoms in total. The van der Waals surface area contributed by atoms with Gasteiger partial charge in [-0.2, -0.15) is 0 Å². The monoisotopic (exact) mass is 582 g/mol. The number of methoxy groups -OCH3 is 1. The van der Waals surface area contributed by atoms with E-state index in [1.807, 2.05) is 13.0 Å². The second-order valence-corrected chi connectivity index (χ2v) is 12.5. The molecule has 0 aliphatic carbocycles. The fourth-order valence-corrected chi connectivity index (χ4v) is 6.84. The third kappa shape index (κ3) is 4.72. The third-order valence-corrected chi connectivity index (χ3v) is 9.47. The van der Waals surface area contributed by atoms with Crippen LogP contribution in [0.4, 0.5) is 0 Å². The second-order valence-electron chi connectivity index (χ2n) is 10.7. The fourth-order valence-electron chi connectivity index (χ4n) is 5.52. The van der Waals surface area contributed by atoms with Crippen LogP contribution in [0.1, 0.15) is 32.6 Å². The highest BCUT2D eigenvalue weighted by Gasteiger charge is 2.25. The van der Waals surface area contributed by atoms with Gasteiger partial charge in [0.15, 0.2) is 5.65 Å². The molecule has 10 heteroatoms. The number of benzene rings is 3. The average molecular weight is 583 g/mol. The van der Waals surface area contributed by atoms with Gasteiger partial charge in [-0.1, -0.05) is 29.8 Å². The molecule has 0 radical (unpaired) electrons. The van der Waals surface area contributed by atoms with Crippen LogP contribution < -0.4 is 4.74 Å². The number of hydrogen-bond acceptors (Lipinski definition) is 7. The highest BCUT2D eigenvalue weighted by molar-refractivity contribution is 7.90. The molecular formula is C32H30N4O5S. The topological polar surface area (TPSA) is 115 Å². The molecule has 1 aliphatic rings. The Hall–Kier alpha value is -4.54. The van der Waals surface area contributed by atoms with Crippen molar-refractivity contribution in [2.45, 2.75) is 31.7 Å². The van der Waals surface area contributed by atoms with Gasteiger partial charge in [0.2, 0.25) is 0 Å². The summed E-state index contributed by atoms with van der Waals surface area (Å²) in [7, 11) is -0.278. The highest BCUT2D eigenvalue weighted by atomic mass is 32.2. The molecule has 0 unspecified atom stereocenters. The number of carboxylic acids is 1. The molecule has 0 amide bonds. The molecule has 3 aromatic carbocycles. The highest BCUT2D eigenvalue weighted by Crippen LogP contribution is 2.36. The van der Waals surface area contributed by atoms with Gasteiger partial charge in [0.25, 0.3) is 10.0 Å². The zero-order valence-electron chi connectivity index (χ0n) is 23.7. The van der Waals surface area contributed by atoms with E-state index < -0.39 is 16.0 Å². The van der Waals surface area contributed by atoms with Gasteiger partial charge in [-0.3, -0.25) is 0 Å². The standard InChI is InChI=1S/C32H30N4O5S/c1-19-5-8-24(9-6-19)42(39,40)36-18-27(21-7-10-25(32(37)38)20(2)13-21)30-31(36)33-16-28(34-30)22-14-23-17-35(3)12-11-26(23)29(15-22)41-4/h5-10,13-16,18H,11-12,17H2,1-4H3,(H,37,38). The van der Waals surface area contributed by atoms with Crippen LogP contribution in [0.5, 0.6) is 5.75 Å². The predicted octanol–water partition coefficient (Wildman–Crippen LogP) is 5.31. The molecule has 0 bridgehead atoms. The minimum Gasteiger partial charge on any atom is -0.496 e. The Labute approximate surface area is 244 Å². The minimum atomic E-state index is -4.01. The van der Waals surface area contributed by atoms with E-state index in [1.54, 1.807) is 56.6 Å². The Balaban J connectivity index is 1.58. The Kier molecular flexibility index (Phi) is 6.83. The molecule has 214 valence electrons. The lowest BCUT2D eigenvalue weighted by atomic mass is 9.95. The Morgan fingerprint density at radius 2 is 1.79 bits per heavy atom. The first-order valence-corrected chi connectivity index (χ1v) is 14.9. The first kappa shape index (κ1) is 27.6. The number of ether oxygens (including phenoxy) is 1. The van der Waals surface area contributed by atoms with Crippen molar-refractivity contribution in [1.29, 1.82) is 0 Å². The molecule has 42 heavy (non-hydrogen) atoms. The van der Waals surface area contributed by atoms with Crippen LogP contribution in [-0.2, 0) is 23.0 Å². The average Bonchev–Trinajstić information content (AvgIpc) is 3.36. The van der Waals surface area contributed by atoms with Crippen molar-refractivity contribution in [2.24, 2.45) is 0 Å². The summed E-state index contributed by atoms with van der Waals surface area (Å²) in [6.45, 7) is 5.33. The van der Waals surface area contributed by atoms with Crippen molar-refractivity contribution in [3.63, 3.8) is 0 Å².